The van der Waals surface area contributed by atoms with Crippen LogP contribution in [0.2, 0.25) is 0 Å². The minimum atomic E-state index is -0.264. The Morgan fingerprint density at radius 2 is 1.85 bits per heavy atom. The van der Waals surface area contributed by atoms with E-state index < -0.39 is 0 Å². The molecule has 0 aromatic heterocycles. The third-order valence-corrected chi connectivity index (χ3v) is 5.13. The maximum atomic E-state index is 11.5. The Morgan fingerprint density at radius 3 is 2.35 bits per heavy atom. The van der Waals surface area contributed by atoms with E-state index in [2.05, 4.69) is 31.2 Å². The molecule has 1 aliphatic carbocycles. The van der Waals surface area contributed by atoms with Crippen LogP contribution in [0.25, 0.3) is 0 Å². The van der Waals surface area contributed by atoms with Crippen molar-refractivity contribution in [3.8, 4) is 0 Å². The molecule has 1 saturated carbocycles. The average molecular weight is 274 g/mol. The van der Waals surface area contributed by atoms with E-state index in [0.29, 0.717) is 6.42 Å². The number of carbonyl (C=O) groups excluding carboxylic acids is 1. The van der Waals surface area contributed by atoms with E-state index >= 15 is 0 Å². The van der Waals surface area contributed by atoms with Gasteiger partial charge in [-0.25, -0.2) is 0 Å². The van der Waals surface area contributed by atoms with E-state index in [9.17, 15) is 4.79 Å². The van der Waals surface area contributed by atoms with Gasteiger partial charge in [0.1, 0.15) is 0 Å². The molecule has 3 aliphatic rings. The zero-order valence-electron chi connectivity index (χ0n) is 12.3. The molecule has 0 atom stereocenters. The van der Waals surface area contributed by atoms with Crippen LogP contribution in [0.4, 0.5) is 0 Å². The molecule has 3 heteroatoms. The summed E-state index contributed by atoms with van der Waals surface area (Å²) < 4.78 is 10.9. The molecule has 2 heterocycles. The minimum Gasteiger partial charge on any atom is -0.469 e. The Kier molecular flexibility index (Phi) is 3.33. The van der Waals surface area contributed by atoms with Gasteiger partial charge in [0, 0.05) is 5.41 Å². The highest BCUT2D eigenvalue weighted by Crippen LogP contribution is 2.51. The van der Waals surface area contributed by atoms with Crippen LogP contribution in [0, 0.1) is 6.92 Å². The van der Waals surface area contributed by atoms with E-state index in [1.54, 1.807) is 0 Å². The van der Waals surface area contributed by atoms with Crippen molar-refractivity contribution in [2.75, 3.05) is 13.7 Å². The summed E-state index contributed by atoms with van der Waals surface area (Å²) in [6.07, 6.45) is 4.51. The van der Waals surface area contributed by atoms with Crippen LogP contribution in [-0.2, 0) is 19.7 Å². The van der Waals surface area contributed by atoms with Crippen LogP contribution < -0.4 is 0 Å². The lowest BCUT2D eigenvalue weighted by Gasteiger charge is -2.53. The highest BCUT2D eigenvalue weighted by molar-refractivity contribution is 5.70. The highest BCUT2D eigenvalue weighted by Gasteiger charge is 2.51. The predicted octanol–water partition coefficient (Wildman–Crippen LogP) is 3.14. The standard InChI is InChI=1S/C17H22O3/c1-13-3-5-14(6-4-13)16-7-9-17(10-8-16,20-12-16)11-15(18)19-2/h3-6H,7-12H2,1-2H3. The van der Waals surface area contributed by atoms with Gasteiger partial charge in [-0.2, -0.15) is 0 Å². The second-order valence-corrected chi connectivity index (χ2v) is 6.37. The molecule has 0 amide bonds. The highest BCUT2D eigenvalue weighted by atomic mass is 16.5. The first kappa shape index (κ1) is 13.6. The zero-order chi connectivity index (χ0) is 14.2. The van der Waals surface area contributed by atoms with E-state index in [4.69, 9.17) is 9.47 Å². The van der Waals surface area contributed by atoms with Gasteiger partial charge >= 0.3 is 5.97 Å². The average Bonchev–Trinajstić information content (AvgIpc) is 2.49. The van der Waals surface area contributed by atoms with Gasteiger partial charge < -0.3 is 9.47 Å². The molecule has 108 valence electrons. The van der Waals surface area contributed by atoms with Crippen LogP contribution >= 0.6 is 0 Å². The molecule has 0 N–H and O–H groups in total. The smallest absolute Gasteiger partial charge is 0.308 e. The number of aryl methyl sites for hydroxylation is 1. The predicted molar refractivity (Wildman–Crippen MR) is 76.6 cm³/mol. The molecule has 3 fully saturated rings. The van der Waals surface area contributed by atoms with Crippen molar-refractivity contribution < 1.29 is 14.3 Å². The number of benzene rings is 1. The fourth-order valence-corrected chi connectivity index (χ4v) is 3.61. The van der Waals surface area contributed by atoms with Gasteiger partial charge in [0.2, 0.25) is 0 Å². The van der Waals surface area contributed by atoms with Crippen molar-refractivity contribution in [1.82, 2.24) is 0 Å². The summed E-state index contributed by atoms with van der Waals surface area (Å²) in [4.78, 5) is 11.5. The molecule has 2 aliphatic heterocycles. The van der Waals surface area contributed by atoms with E-state index in [1.165, 1.54) is 18.2 Å². The molecule has 0 radical (unpaired) electrons. The lowest BCUT2D eigenvalue weighted by atomic mass is 9.62. The fourth-order valence-electron chi connectivity index (χ4n) is 3.61. The molecule has 2 bridgehead atoms. The van der Waals surface area contributed by atoms with Gasteiger partial charge in [-0.15, -0.1) is 0 Å². The molecule has 20 heavy (non-hydrogen) atoms. The summed E-state index contributed by atoms with van der Waals surface area (Å²) in [5.74, 6) is -0.158. The molecule has 1 aromatic rings. The van der Waals surface area contributed by atoms with Gasteiger partial charge in [-0.3, -0.25) is 4.79 Å². The number of ether oxygens (including phenoxy) is 2. The number of esters is 1. The summed E-state index contributed by atoms with van der Waals surface area (Å²) in [6, 6.07) is 8.82. The van der Waals surface area contributed by atoms with Crippen LogP contribution in [0.5, 0.6) is 0 Å². The Bertz CT molecular complexity index is 479. The Morgan fingerprint density at radius 1 is 1.20 bits per heavy atom. The SMILES string of the molecule is COC(=O)CC12CCC(c3ccc(C)cc3)(CC1)CO2. The molecule has 3 nitrogen and oxygen atoms in total. The number of hydrogen-bond acceptors (Lipinski definition) is 3. The third-order valence-electron chi connectivity index (χ3n) is 5.13. The van der Waals surface area contributed by atoms with Gasteiger partial charge in [0.25, 0.3) is 0 Å². The van der Waals surface area contributed by atoms with Crippen LogP contribution in [0.15, 0.2) is 24.3 Å². The van der Waals surface area contributed by atoms with Crippen molar-refractivity contribution in [2.45, 2.75) is 50.0 Å². The lowest BCUT2D eigenvalue weighted by Crippen LogP contribution is -2.54. The lowest BCUT2D eigenvalue weighted by molar-refractivity contribution is -0.176. The van der Waals surface area contributed by atoms with E-state index in [0.717, 1.165) is 32.3 Å². The summed E-state index contributed by atoms with van der Waals surface area (Å²) >= 11 is 0. The number of fused-ring (bicyclic) bond motifs is 3. The molecule has 0 spiro atoms. The van der Waals surface area contributed by atoms with E-state index in [1.807, 2.05) is 0 Å². The van der Waals surface area contributed by atoms with Gasteiger partial charge in [0.05, 0.1) is 25.7 Å². The zero-order valence-corrected chi connectivity index (χ0v) is 12.3. The quantitative estimate of drug-likeness (QED) is 0.794. The Balaban J connectivity index is 1.76. The van der Waals surface area contributed by atoms with Crippen LogP contribution in [0.1, 0.15) is 43.2 Å². The summed E-state index contributed by atoms with van der Waals surface area (Å²) in [5, 5.41) is 0. The second kappa shape index (κ2) is 4.88. The van der Waals surface area contributed by atoms with Gasteiger partial charge in [-0.1, -0.05) is 29.8 Å². The molecule has 1 aromatic carbocycles. The van der Waals surface area contributed by atoms with Gasteiger partial charge in [-0.05, 0) is 38.2 Å². The second-order valence-electron chi connectivity index (χ2n) is 6.37. The van der Waals surface area contributed by atoms with Crippen LogP contribution in [-0.4, -0.2) is 25.3 Å². The monoisotopic (exact) mass is 274 g/mol. The van der Waals surface area contributed by atoms with Crippen molar-refractivity contribution in [3.05, 3.63) is 35.4 Å². The topological polar surface area (TPSA) is 35.5 Å². The number of rotatable bonds is 3. The van der Waals surface area contributed by atoms with Crippen LogP contribution in [0.3, 0.4) is 0 Å². The maximum Gasteiger partial charge on any atom is 0.308 e. The Labute approximate surface area is 120 Å². The van der Waals surface area contributed by atoms with Crippen molar-refractivity contribution in [3.63, 3.8) is 0 Å². The third kappa shape index (κ3) is 2.24. The fraction of sp³-hybridized carbons (Fsp3) is 0.588. The van der Waals surface area contributed by atoms with Gasteiger partial charge in [0.15, 0.2) is 0 Å². The molecular weight excluding hydrogens is 252 g/mol. The number of methoxy groups -OCH3 is 1. The maximum absolute atomic E-state index is 11.5. The Hall–Kier alpha value is -1.35. The van der Waals surface area contributed by atoms with Crippen molar-refractivity contribution >= 4 is 5.97 Å². The summed E-state index contributed by atoms with van der Waals surface area (Å²) in [7, 11) is 1.45. The normalized spacial score (nSPS) is 32.1. The summed E-state index contributed by atoms with van der Waals surface area (Å²) in [6.45, 7) is 2.84. The van der Waals surface area contributed by atoms with E-state index in [-0.39, 0.29) is 17.0 Å². The minimum absolute atomic E-state index is 0.158. The first-order valence-electron chi connectivity index (χ1n) is 7.36. The first-order chi connectivity index (χ1) is 9.57. The summed E-state index contributed by atoms with van der Waals surface area (Å²) in [5.41, 5.74) is 2.57. The van der Waals surface area contributed by atoms with Crippen molar-refractivity contribution in [2.24, 2.45) is 0 Å². The number of carbonyl (C=O) groups is 1. The molecule has 2 saturated heterocycles. The first-order valence-corrected chi connectivity index (χ1v) is 7.36. The largest absolute Gasteiger partial charge is 0.469 e. The van der Waals surface area contributed by atoms with Crippen molar-refractivity contribution in [1.29, 1.82) is 0 Å². The molecule has 4 rings (SSSR count). The number of hydrogen-bond donors (Lipinski definition) is 0. The molecule has 0 unspecified atom stereocenters. The molecular formula is C17H22O3.